The summed E-state index contributed by atoms with van der Waals surface area (Å²) in [6.45, 7) is 7.74. The zero-order chi connectivity index (χ0) is 17.3. The Bertz CT molecular complexity index is 215. The van der Waals surface area contributed by atoms with E-state index in [0.29, 0.717) is 32.9 Å². The first-order valence-corrected chi connectivity index (χ1v) is 8.04. The molecule has 0 aliphatic carbocycles. The molecule has 0 fully saturated rings. The Morgan fingerprint density at radius 2 is 0.870 bits per heavy atom. The van der Waals surface area contributed by atoms with Gasteiger partial charge in [0.15, 0.2) is 0 Å². The van der Waals surface area contributed by atoms with E-state index in [1.54, 1.807) is 28.4 Å². The molecule has 0 amide bonds. The SMILES string of the molecule is [B]CN(CN(CCOC)CCOC)CN(CCOC)CCOC. The molecule has 0 saturated heterocycles. The van der Waals surface area contributed by atoms with Crippen molar-refractivity contribution in [2.45, 2.75) is 0 Å². The highest BCUT2D eigenvalue weighted by atomic mass is 16.5. The van der Waals surface area contributed by atoms with E-state index in [4.69, 9.17) is 26.8 Å². The van der Waals surface area contributed by atoms with Crippen LogP contribution in [0.4, 0.5) is 0 Å². The van der Waals surface area contributed by atoms with Gasteiger partial charge in [-0.25, -0.2) is 0 Å². The quantitative estimate of drug-likeness (QED) is 0.263. The third-order valence-corrected chi connectivity index (χ3v) is 3.50. The lowest BCUT2D eigenvalue weighted by Crippen LogP contribution is -2.47. The first-order valence-electron chi connectivity index (χ1n) is 8.04. The molecular weight excluding hydrogens is 297 g/mol. The number of hydrogen-bond donors (Lipinski definition) is 0. The van der Waals surface area contributed by atoms with Crippen LogP contribution in [0.3, 0.4) is 0 Å². The van der Waals surface area contributed by atoms with Gasteiger partial charge in [-0.15, -0.1) is 0 Å². The van der Waals surface area contributed by atoms with Crippen molar-refractivity contribution in [2.75, 3.05) is 101 Å². The molecule has 0 atom stereocenters. The van der Waals surface area contributed by atoms with E-state index in [1.165, 1.54) is 0 Å². The molecule has 0 unspecified atom stereocenters. The Morgan fingerprint density at radius 3 is 1.09 bits per heavy atom. The third kappa shape index (κ3) is 12.8. The molecule has 0 bridgehead atoms. The fourth-order valence-electron chi connectivity index (χ4n) is 2.11. The van der Waals surface area contributed by atoms with Crippen molar-refractivity contribution in [1.82, 2.24) is 14.7 Å². The van der Waals surface area contributed by atoms with E-state index in [9.17, 15) is 0 Å². The highest BCUT2D eigenvalue weighted by Crippen LogP contribution is 1.99. The maximum atomic E-state index is 5.93. The molecule has 0 aromatic heterocycles. The first-order chi connectivity index (χ1) is 11.2. The van der Waals surface area contributed by atoms with Gasteiger partial charge >= 0.3 is 0 Å². The number of hydrogen-bond acceptors (Lipinski definition) is 7. The van der Waals surface area contributed by atoms with Crippen LogP contribution in [0.15, 0.2) is 0 Å². The molecule has 0 saturated carbocycles. The summed E-state index contributed by atoms with van der Waals surface area (Å²) in [5, 5.41) is 0. The molecule has 8 heteroatoms. The van der Waals surface area contributed by atoms with E-state index in [0.717, 1.165) is 39.5 Å². The average molecular weight is 331 g/mol. The summed E-state index contributed by atoms with van der Waals surface area (Å²) >= 11 is 0. The van der Waals surface area contributed by atoms with Gasteiger partial charge in [-0.3, -0.25) is 14.7 Å². The fraction of sp³-hybridized carbons (Fsp3) is 1.00. The summed E-state index contributed by atoms with van der Waals surface area (Å²) in [6, 6.07) is 0. The first kappa shape index (κ1) is 22.8. The van der Waals surface area contributed by atoms with Gasteiger partial charge in [-0.05, 0) is 6.44 Å². The minimum absolute atomic E-state index is 0.493. The van der Waals surface area contributed by atoms with Crippen molar-refractivity contribution < 1.29 is 18.9 Å². The molecule has 7 nitrogen and oxygen atoms in total. The van der Waals surface area contributed by atoms with Crippen molar-refractivity contribution in [2.24, 2.45) is 0 Å². The standard InChI is InChI=1S/C15H34BN3O4/c1-20-9-5-17(6-10-21-2)14-19(13-16)15-18(7-11-22-3)8-12-23-4/h5-15H2,1-4H3. The molecule has 0 spiro atoms. The molecule has 2 radical (unpaired) electrons. The fourth-order valence-corrected chi connectivity index (χ4v) is 2.11. The molecule has 136 valence electrons. The molecule has 0 aliphatic rings. The number of ether oxygens (including phenoxy) is 4. The summed E-state index contributed by atoms with van der Waals surface area (Å²) < 4.78 is 20.7. The van der Waals surface area contributed by atoms with Gasteiger partial charge in [-0.1, -0.05) is 0 Å². The second-order valence-electron chi connectivity index (χ2n) is 5.34. The van der Waals surface area contributed by atoms with Crippen LogP contribution in [0.1, 0.15) is 0 Å². The van der Waals surface area contributed by atoms with Crippen LogP contribution in [0.25, 0.3) is 0 Å². The maximum Gasteiger partial charge on any atom is 0.0864 e. The van der Waals surface area contributed by atoms with Crippen molar-refractivity contribution in [1.29, 1.82) is 0 Å². The van der Waals surface area contributed by atoms with Crippen molar-refractivity contribution in [3.63, 3.8) is 0 Å². The van der Waals surface area contributed by atoms with Gasteiger partial charge < -0.3 is 18.9 Å². The van der Waals surface area contributed by atoms with Gasteiger partial charge in [0, 0.05) is 54.6 Å². The Morgan fingerprint density at radius 1 is 0.565 bits per heavy atom. The lowest BCUT2D eigenvalue weighted by molar-refractivity contribution is 0.0343. The van der Waals surface area contributed by atoms with Crippen LogP contribution in [-0.2, 0) is 18.9 Å². The van der Waals surface area contributed by atoms with Gasteiger partial charge in [0.2, 0.25) is 0 Å². The molecule has 23 heavy (non-hydrogen) atoms. The van der Waals surface area contributed by atoms with Crippen LogP contribution in [0, 0.1) is 0 Å². The second kappa shape index (κ2) is 16.6. The Kier molecular flexibility index (Phi) is 16.5. The smallest absolute Gasteiger partial charge is 0.0864 e. The van der Waals surface area contributed by atoms with Gasteiger partial charge in [0.05, 0.1) is 47.6 Å². The zero-order valence-corrected chi connectivity index (χ0v) is 15.3. The minimum Gasteiger partial charge on any atom is -0.383 e. The second-order valence-corrected chi connectivity index (χ2v) is 5.34. The van der Waals surface area contributed by atoms with Crippen LogP contribution in [0.2, 0.25) is 0 Å². The van der Waals surface area contributed by atoms with E-state index >= 15 is 0 Å². The monoisotopic (exact) mass is 331 g/mol. The molecule has 0 heterocycles. The highest BCUT2D eigenvalue weighted by Gasteiger charge is 2.13. The molecule has 0 N–H and O–H groups in total. The summed E-state index contributed by atoms with van der Waals surface area (Å²) in [5.74, 6) is 0. The summed E-state index contributed by atoms with van der Waals surface area (Å²) in [6.07, 6.45) is 0.493. The molecule has 0 aromatic carbocycles. The highest BCUT2D eigenvalue weighted by molar-refractivity contribution is 6.08. The average Bonchev–Trinajstić information content (AvgIpc) is 2.58. The maximum absolute atomic E-state index is 5.93. The third-order valence-electron chi connectivity index (χ3n) is 3.50. The van der Waals surface area contributed by atoms with Crippen molar-refractivity contribution in [3.8, 4) is 0 Å². The van der Waals surface area contributed by atoms with Gasteiger partial charge in [-0.2, -0.15) is 0 Å². The van der Waals surface area contributed by atoms with Crippen molar-refractivity contribution in [3.05, 3.63) is 0 Å². The molecule has 0 rings (SSSR count). The predicted octanol–water partition coefficient (Wildman–Crippen LogP) is -0.481. The summed E-state index contributed by atoms with van der Waals surface area (Å²) in [7, 11) is 12.8. The minimum atomic E-state index is 0.493. The normalized spacial score (nSPS) is 12.0. The van der Waals surface area contributed by atoms with Crippen LogP contribution < -0.4 is 0 Å². The van der Waals surface area contributed by atoms with Gasteiger partial charge in [0.25, 0.3) is 0 Å². The van der Waals surface area contributed by atoms with Gasteiger partial charge in [0.1, 0.15) is 0 Å². The number of methoxy groups -OCH3 is 4. The summed E-state index contributed by atoms with van der Waals surface area (Å²) in [4.78, 5) is 6.76. The van der Waals surface area contributed by atoms with E-state index in [1.807, 2.05) is 0 Å². The van der Waals surface area contributed by atoms with Crippen LogP contribution in [0.5, 0.6) is 0 Å². The molecular formula is C15H34BN3O4. The Labute approximate surface area is 143 Å². The number of nitrogens with zero attached hydrogens (tertiary/aromatic N) is 3. The number of rotatable bonds is 17. The molecule has 0 aliphatic heterocycles. The van der Waals surface area contributed by atoms with E-state index in [-0.39, 0.29) is 0 Å². The van der Waals surface area contributed by atoms with Crippen LogP contribution >= 0.6 is 0 Å². The Balaban J connectivity index is 4.45. The predicted molar refractivity (Wildman–Crippen MR) is 92.8 cm³/mol. The summed E-state index contributed by atoms with van der Waals surface area (Å²) in [5.41, 5.74) is 0. The van der Waals surface area contributed by atoms with Crippen molar-refractivity contribution >= 4 is 7.85 Å². The lowest BCUT2D eigenvalue weighted by Gasteiger charge is -2.34. The van der Waals surface area contributed by atoms with Crippen LogP contribution in [-0.4, -0.2) is 123 Å². The van der Waals surface area contributed by atoms with E-state index in [2.05, 4.69) is 14.7 Å². The zero-order valence-electron chi connectivity index (χ0n) is 15.3. The largest absolute Gasteiger partial charge is 0.383 e. The van der Waals surface area contributed by atoms with E-state index < -0.39 is 0 Å². The Hall–Kier alpha value is -0.215. The molecule has 0 aromatic rings. The lowest BCUT2D eigenvalue weighted by atomic mass is 10.1. The topological polar surface area (TPSA) is 46.6 Å².